The van der Waals surface area contributed by atoms with Gasteiger partial charge in [0.2, 0.25) is 15.9 Å². The van der Waals surface area contributed by atoms with Crippen LogP contribution in [0.15, 0.2) is 29.2 Å². The lowest BCUT2D eigenvalue weighted by Gasteiger charge is -2.33. The second-order valence-corrected chi connectivity index (χ2v) is 6.98. The van der Waals surface area contributed by atoms with Gasteiger partial charge >= 0.3 is 0 Å². The zero-order valence-corrected chi connectivity index (χ0v) is 13.8. The molecule has 1 amide bonds. The molecule has 0 bridgehead atoms. The normalized spacial score (nSPS) is 16.5. The minimum atomic E-state index is -3.54. The predicted octanol–water partition coefficient (Wildman–Crippen LogP) is 1.33. The molecule has 22 heavy (non-hydrogen) atoms. The molecule has 0 unspecified atom stereocenters. The number of carbonyl (C=O) groups excluding carboxylic acids is 1. The standard InChI is InChI=1S/C15H22N2O4S/c1-3-15(18)16-8-10-17(11-9-16)22(19,20)14-7-5-6-13(12-14)21-4-2/h5-7,12H,3-4,8-11H2,1-2H3. The van der Waals surface area contributed by atoms with Gasteiger partial charge in [-0.3, -0.25) is 4.79 Å². The number of piperazine rings is 1. The maximum atomic E-state index is 12.7. The zero-order chi connectivity index (χ0) is 16.2. The molecule has 1 aromatic carbocycles. The van der Waals surface area contributed by atoms with Crippen molar-refractivity contribution in [3.63, 3.8) is 0 Å². The summed E-state index contributed by atoms with van der Waals surface area (Å²) in [5.41, 5.74) is 0. The Morgan fingerprint density at radius 1 is 1.18 bits per heavy atom. The van der Waals surface area contributed by atoms with Crippen LogP contribution in [-0.4, -0.2) is 56.3 Å². The van der Waals surface area contributed by atoms with E-state index >= 15 is 0 Å². The minimum Gasteiger partial charge on any atom is -0.494 e. The van der Waals surface area contributed by atoms with Crippen LogP contribution in [0.2, 0.25) is 0 Å². The number of ether oxygens (including phenoxy) is 1. The van der Waals surface area contributed by atoms with Gasteiger partial charge in [-0.1, -0.05) is 13.0 Å². The van der Waals surface area contributed by atoms with Crippen LogP contribution < -0.4 is 4.74 Å². The molecular formula is C15H22N2O4S. The van der Waals surface area contributed by atoms with Gasteiger partial charge in [-0.05, 0) is 19.1 Å². The van der Waals surface area contributed by atoms with Crippen LogP contribution in [0.3, 0.4) is 0 Å². The first-order valence-electron chi connectivity index (χ1n) is 7.49. The van der Waals surface area contributed by atoms with Gasteiger partial charge in [-0.2, -0.15) is 4.31 Å². The number of rotatable bonds is 5. The fraction of sp³-hybridized carbons (Fsp3) is 0.533. The first-order chi connectivity index (χ1) is 10.5. The van der Waals surface area contributed by atoms with Crippen molar-refractivity contribution in [3.05, 3.63) is 24.3 Å². The van der Waals surface area contributed by atoms with Gasteiger partial charge in [0.25, 0.3) is 0 Å². The van der Waals surface area contributed by atoms with E-state index in [1.165, 1.54) is 4.31 Å². The first kappa shape index (κ1) is 16.8. The fourth-order valence-corrected chi connectivity index (χ4v) is 3.90. The van der Waals surface area contributed by atoms with E-state index in [0.717, 1.165) is 0 Å². The van der Waals surface area contributed by atoms with E-state index < -0.39 is 10.0 Å². The molecule has 1 aliphatic heterocycles. The van der Waals surface area contributed by atoms with E-state index in [0.29, 0.717) is 45.0 Å². The molecule has 0 radical (unpaired) electrons. The monoisotopic (exact) mass is 326 g/mol. The lowest BCUT2D eigenvalue weighted by atomic mass is 10.3. The number of sulfonamides is 1. The second kappa shape index (κ2) is 7.11. The lowest BCUT2D eigenvalue weighted by Crippen LogP contribution is -2.50. The van der Waals surface area contributed by atoms with Gasteiger partial charge < -0.3 is 9.64 Å². The van der Waals surface area contributed by atoms with E-state index in [-0.39, 0.29) is 10.8 Å². The summed E-state index contributed by atoms with van der Waals surface area (Å²) in [5, 5.41) is 0. The quantitative estimate of drug-likeness (QED) is 0.819. The van der Waals surface area contributed by atoms with Gasteiger partial charge in [0.15, 0.2) is 0 Å². The van der Waals surface area contributed by atoms with E-state index in [1.807, 2.05) is 13.8 Å². The van der Waals surface area contributed by atoms with Gasteiger partial charge in [0.1, 0.15) is 5.75 Å². The van der Waals surface area contributed by atoms with Crippen LogP contribution in [0.5, 0.6) is 5.75 Å². The van der Waals surface area contributed by atoms with Crippen molar-refractivity contribution in [2.45, 2.75) is 25.2 Å². The van der Waals surface area contributed by atoms with Crippen LogP contribution >= 0.6 is 0 Å². The van der Waals surface area contributed by atoms with Gasteiger partial charge in [0.05, 0.1) is 11.5 Å². The smallest absolute Gasteiger partial charge is 0.243 e. The lowest BCUT2D eigenvalue weighted by molar-refractivity contribution is -0.132. The van der Waals surface area contributed by atoms with E-state index in [2.05, 4.69) is 0 Å². The van der Waals surface area contributed by atoms with Crippen LogP contribution in [0.4, 0.5) is 0 Å². The van der Waals surface area contributed by atoms with Crippen molar-refractivity contribution in [1.82, 2.24) is 9.21 Å². The van der Waals surface area contributed by atoms with Crippen molar-refractivity contribution < 1.29 is 17.9 Å². The zero-order valence-electron chi connectivity index (χ0n) is 13.0. The molecule has 1 aromatic rings. The van der Waals surface area contributed by atoms with Gasteiger partial charge in [-0.15, -0.1) is 0 Å². The molecule has 7 heteroatoms. The molecule has 2 rings (SSSR count). The molecule has 0 aliphatic carbocycles. The highest BCUT2D eigenvalue weighted by Gasteiger charge is 2.29. The van der Waals surface area contributed by atoms with Crippen molar-refractivity contribution in [2.24, 2.45) is 0 Å². The molecular weight excluding hydrogens is 304 g/mol. The second-order valence-electron chi connectivity index (χ2n) is 5.05. The number of carbonyl (C=O) groups is 1. The maximum absolute atomic E-state index is 12.7. The topological polar surface area (TPSA) is 66.9 Å². The van der Waals surface area contributed by atoms with Crippen LogP contribution in [0.1, 0.15) is 20.3 Å². The minimum absolute atomic E-state index is 0.0652. The Labute approximate surface area is 131 Å². The highest BCUT2D eigenvalue weighted by Crippen LogP contribution is 2.22. The third-order valence-electron chi connectivity index (χ3n) is 3.65. The Hall–Kier alpha value is -1.60. The molecule has 6 nitrogen and oxygen atoms in total. The Balaban J connectivity index is 2.11. The van der Waals surface area contributed by atoms with Crippen molar-refractivity contribution in [3.8, 4) is 5.75 Å². The van der Waals surface area contributed by atoms with Gasteiger partial charge in [0, 0.05) is 38.7 Å². The van der Waals surface area contributed by atoms with Crippen molar-refractivity contribution in [2.75, 3.05) is 32.8 Å². The largest absolute Gasteiger partial charge is 0.494 e. The fourth-order valence-electron chi connectivity index (χ4n) is 2.44. The predicted molar refractivity (Wildman–Crippen MR) is 83.2 cm³/mol. The number of hydrogen-bond donors (Lipinski definition) is 0. The van der Waals surface area contributed by atoms with E-state index in [1.54, 1.807) is 29.2 Å². The van der Waals surface area contributed by atoms with E-state index in [9.17, 15) is 13.2 Å². The van der Waals surface area contributed by atoms with Crippen molar-refractivity contribution in [1.29, 1.82) is 0 Å². The average molecular weight is 326 g/mol. The molecule has 0 spiro atoms. The number of benzene rings is 1. The highest BCUT2D eigenvalue weighted by molar-refractivity contribution is 7.89. The third-order valence-corrected chi connectivity index (χ3v) is 5.54. The van der Waals surface area contributed by atoms with E-state index in [4.69, 9.17) is 4.74 Å². The summed E-state index contributed by atoms with van der Waals surface area (Å²) in [4.78, 5) is 13.6. The molecule has 0 N–H and O–H groups in total. The molecule has 1 heterocycles. The molecule has 1 aliphatic rings. The number of hydrogen-bond acceptors (Lipinski definition) is 4. The summed E-state index contributed by atoms with van der Waals surface area (Å²) in [6.45, 7) is 5.69. The molecule has 1 saturated heterocycles. The van der Waals surface area contributed by atoms with Gasteiger partial charge in [-0.25, -0.2) is 8.42 Å². The van der Waals surface area contributed by atoms with Crippen molar-refractivity contribution >= 4 is 15.9 Å². The third kappa shape index (κ3) is 3.59. The first-order valence-corrected chi connectivity index (χ1v) is 8.93. The Bertz CT molecular complexity index is 622. The molecule has 0 atom stereocenters. The Morgan fingerprint density at radius 3 is 2.45 bits per heavy atom. The summed E-state index contributed by atoms with van der Waals surface area (Å²) in [5.74, 6) is 0.610. The number of nitrogens with zero attached hydrogens (tertiary/aromatic N) is 2. The van der Waals surface area contributed by atoms with Crippen LogP contribution in [0.25, 0.3) is 0 Å². The number of amides is 1. The molecule has 0 saturated carbocycles. The summed E-state index contributed by atoms with van der Waals surface area (Å²) in [7, 11) is -3.54. The summed E-state index contributed by atoms with van der Waals surface area (Å²) in [6.07, 6.45) is 0.448. The maximum Gasteiger partial charge on any atom is 0.243 e. The SMILES string of the molecule is CCOc1cccc(S(=O)(=O)N2CCN(C(=O)CC)CC2)c1. The Morgan fingerprint density at radius 2 is 1.86 bits per heavy atom. The summed E-state index contributed by atoms with van der Waals surface area (Å²) >= 11 is 0. The summed E-state index contributed by atoms with van der Waals surface area (Å²) in [6, 6.07) is 6.53. The summed E-state index contributed by atoms with van der Waals surface area (Å²) < 4.78 is 32.1. The average Bonchev–Trinajstić information content (AvgIpc) is 2.55. The molecule has 122 valence electrons. The van der Waals surface area contributed by atoms with Crippen LogP contribution in [-0.2, 0) is 14.8 Å². The Kier molecular flexibility index (Phi) is 5.42. The van der Waals surface area contributed by atoms with Crippen LogP contribution in [0, 0.1) is 0 Å². The highest BCUT2D eigenvalue weighted by atomic mass is 32.2. The molecule has 1 fully saturated rings. The molecule has 0 aromatic heterocycles.